The minimum atomic E-state index is -4.02. The third kappa shape index (κ3) is 6.77. The fraction of sp³-hybridized carbons (Fsp3) is 0.414. The van der Waals surface area contributed by atoms with Gasteiger partial charge in [-0.05, 0) is 62.9 Å². The number of rotatable bonds is 7. The lowest BCUT2D eigenvalue weighted by atomic mass is 9.74. The van der Waals surface area contributed by atoms with Crippen molar-refractivity contribution in [2.24, 2.45) is 4.99 Å². The number of aromatic nitrogens is 2. The first kappa shape index (κ1) is 30.2. The van der Waals surface area contributed by atoms with Crippen molar-refractivity contribution in [3.8, 4) is 23.4 Å². The fourth-order valence-corrected chi connectivity index (χ4v) is 5.54. The molecule has 12 heteroatoms. The Morgan fingerprint density at radius 3 is 2.32 bits per heavy atom. The Balaban J connectivity index is 0.000000296. The predicted octanol–water partition coefficient (Wildman–Crippen LogP) is 3.99. The van der Waals surface area contributed by atoms with Gasteiger partial charge < -0.3 is 24.1 Å². The number of methoxy groups -OCH3 is 3. The van der Waals surface area contributed by atoms with Crippen LogP contribution in [-0.2, 0) is 10.1 Å². The van der Waals surface area contributed by atoms with Gasteiger partial charge in [-0.15, -0.1) is 0 Å². The number of aryl methyl sites for hydroxylation is 1. The zero-order valence-electron chi connectivity index (χ0n) is 23.7. The third-order valence-corrected chi connectivity index (χ3v) is 7.92. The van der Waals surface area contributed by atoms with Crippen molar-refractivity contribution in [1.29, 1.82) is 0 Å². The highest BCUT2D eigenvalue weighted by molar-refractivity contribution is 7.85. The minimum Gasteiger partial charge on any atom is -0.493 e. The summed E-state index contributed by atoms with van der Waals surface area (Å²) in [6, 6.07) is 10.3. The highest BCUT2D eigenvalue weighted by atomic mass is 32.2. The molecule has 2 heterocycles. The van der Waals surface area contributed by atoms with Gasteiger partial charge in [0.05, 0.1) is 56.3 Å². The van der Waals surface area contributed by atoms with Gasteiger partial charge in [0, 0.05) is 17.7 Å². The van der Waals surface area contributed by atoms with E-state index in [1.807, 2.05) is 26.0 Å². The van der Waals surface area contributed by atoms with E-state index >= 15 is 0 Å². The molecule has 1 aliphatic heterocycles. The van der Waals surface area contributed by atoms with Crippen molar-refractivity contribution in [3.05, 3.63) is 64.8 Å². The van der Waals surface area contributed by atoms with Gasteiger partial charge in [0.2, 0.25) is 5.88 Å². The number of benzene rings is 2. The average Bonchev–Trinajstić information content (AvgIpc) is 2.96. The molecule has 3 aromatic rings. The van der Waals surface area contributed by atoms with Crippen molar-refractivity contribution in [3.63, 3.8) is 0 Å². The third-order valence-electron chi connectivity index (χ3n) is 7.05. The Labute approximate surface area is 239 Å². The molecule has 0 spiro atoms. The van der Waals surface area contributed by atoms with Crippen molar-refractivity contribution < 1.29 is 37.0 Å². The van der Waals surface area contributed by atoms with E-state index < -0.39 is 10.1 Å². The quantitative estimate of drug-likeness (QED) is 0.390. The van der Waals surface area contributed by atoms with Gasteiger partial charge in [-0.3, -0.25) is 9.55 Å². The first-order chi connectivity index (χ1) is 19.6. The van der Waals surface area contributed by atoms with Gasteiger partial charge >= 0.3 is 6.01 Å². The monoisotopic (exact) mass is 585 g/mol. The van der Waals surface area contributed by atoms with E-state index in [1.165, 1.54) is 19.2 Å². The van der Waals surface area contributed by atoms with Crippen LogP contribution in [0.25, 0.3) is 0 Å². The zero-order chi connectivity index (χ0) is 29.7. The number of aliphatic imine (C=N–C) groups is 1. The highest BCUT2D eigenvalue weighted by Gasteiger charge is 2.38. The van der Waals surface area contributed by atoms with E-state index in [0.717, 1.165) is 35.2 Å². The number of fused-ring (bicyclic) bond motifs is 3. The number of hydrogen-bond acceptors (Lipinski definition) is 10. The normalized spacial score (nSPS) is 19.5. The summed E-state index contributed by atoms with van der Waals surface area (Å²) >= 11 is 0. The molecule has 1 saturated carbocycles. The van der Waals surface area contributed by atoms with Gasteiger partial charge in [-0.25, -0.2) is 4.98 Å². The average molecular weight is 586 g/mol. The maximum absolute atomic E-state index is 10.5. The molecule has 0 amide bonds. The summed E-state index contributed by atoms with van der Waals surface area (Å²) in [5.41, 5.74) is 4.40. The van der Waals surface area contributed by atoms with Crippen LogP contribution in [0, 0.1) is 6.92 Å². The van der Waals surface area contributed by atoms with Crippen LogP contribution in [-0.4, -0.2) is 73.8 Å². The highest BCUT2D eigenvalue weighted by Crippen LogP contribution is 2.45. The number of aliphatic hydroxyl groups is 1. The molecule has 1 aromatic heterocycles. The molecule has 0 saturated heterocycles. The Bertz CT molecular complexity index is 1510. The zero-order valence-corrected chi connectivity index (χ0v) is 24.5. The molecule has 0 radical (unpaired) electrons. The Hall–Kier alpha value is -3.74. The summed E-state index contributed by atoms with van der Waals surface area (Å²) in [6.45, 7) is 4.32. The van der Waals surface area contributed by atoms with E-state index in [2.05, 4.69) is 9.97 Å². The summed E-state index contributed by atoms with van der Waals surface area (Å²) in [4.78, 5) is 13.6. The topological polar surface area (TPSA) is 150 Å². The summed E-state index contributed by atoms with van der Waals surface area (Å²) in [6.07, 6.45) is 3.56. The summed E-state index contributed by atoms with van der Waals surface area (Å²) in [5.74, 6) is 1.83. The van der Waals surface area contributed by atoms with Crippen LogP contribution in [0.15, 0.2) is 52.5 Å². The minimum absolute atomic E-state index is 0.0607. The van der Waals surface area contributed by atoms with Gasteiger partial charge in [0.1, 0.15) is 0 Å². The van der Waals surface area contributed by atoms with E-state index in [9.17, 15) is 13.5 Å². The van der Waals surface area contributed by atoms with Crippen molar-refractivity contribution in [2.45, 2.75) is 56.1 Å². The van der Waals surface area contributed by atoms with Crippen LogP contribution in [0.3, 0.4) is 0 Å². The molecule has 2 N–H and O–H groups in total. The molecule has 0 bridgehead atoms. The van der Waals surface area contributed by atoms with Crippen molar-refractivity contribution >= 4 is 15.8 Å². The van der Waals surface area contributed by atoms with Crippen LogP contribution in [0.2, 0.25) is 0 Å². The Morgan fingerprint density at radius 2 is 1.71 bits per heavy atom. The number of nitrogens with zero attached hydrogens (tertiary/aromatic N) is 3. The summed E-state index contributed by atoms with van der Waals surface area (Å²) < 4.78 is 51.6. The molecule has 1 fully saturated rings. The lowest BCUT2D eigenvalue weighted by Crippen LogP contribution is -2.34. The second-order valence-corrected chi connectivity index (χ2v) is 11.1. The largest absolute Gasteiger partial charge is 0.493 e. The molecule has 41 heavy (non-hydrogen) atoms. The number of aliphatic hydroxyl groups excluding tert-OH is 1. The first-order valence-electron chi connectivity index (χ1n) is 13.2. The second kappa shape index (κ2) is 12.8. The van der Waals surface area contributed by atoms with Gasteiger partial charge in [-0.1, -0.05) is 17.7 Å². The van der Waals surface area contributed by atoms with E-state index in [1.54, 1.807) is 32.5 Å². The number of ether oxygens (including phenoxy) is 4. The van der Waals surface area contributed by atoms with Crippen molar-refractivity contribution in [2.75, 3.05) is 27.9 Å². The molecule has 220 valence electrons. The molecule has 1 aliphatic carbocycles. The maximum atomic E-state index is 10.5. The Kier molecular flexibility index (Phi) is 9.46. The Morgan fingerprint density at radius 1 is 0.976 bits per heavy atom. The first-order valence-corrected chi connectivity index (χ1v) is 14.6. The van der Waals surface area contributed by atoms with Gasteiger partial charge in [0.15, 0.2) is 11.5 Å². The molecule has 11 nitrogen and oxygen atoms in total. The second-order valence-electron chi connectivity index (χ2n) is 9.71. The fourth-order valence-electron chi connectivity index (χ4n) is 5.06. The predicted molar refractivity (Wildman–Crippen MR) is 152 cm³/mol. The molecular weight excluding hydrogens is 550 g/mol. The van der Waals surface area contributed by atoms with E-state index in [0.29, 0.717) is 36.0 Å². The lowest BCUT2D eigenvalue weighted by molar-refractivity contribution is 0.111. The van der Waals surface area contributed by atoms with Crippen molar-refractivity contribution in [1.82, 2.24) is 9.97 Å². The molecule has 3 atom stereocenters. The van der Waals surface area contributed by atoms with Crippen LogP contribution >= 0.6 is 0 Å². The van der Waals surface area contributed by atoms with Crippen LogP contribution in [0.4, 0.5) is 0 Å². The van der Waals surface area contributed by atoms with Gasteiger partial charge in [-0.2, -0.15) is 13.4 Å². The lowest BCUT2D eigenvalue weighted by Gasteiger charge is -2.37. The van der Waals surface area contributed by atoms with Crippen LogP contribution in [0.1, 0.15) is 54.4 Å². The van der Waals surface area contributed by atoms with E-state index in [4.69, 9.17) is 28.5 Å². The molecular formula is C29H35N3O8S. The SMILES string of the molecule is CCOc1cc2c(cc1OC)C(c1cnc(OC)nc1OC)=N[C@@H]1CC[C@@H](O)C[C@H]21.Cc1ccc(S(=O)(=O)O)cc1. The number of hydrogen-bond donors (Lipinski definition) is 2. The summed E-state index contributed by atoms with van der Waals surface area (Å²) in [5, 5.41) is 10.3. The maximum Gasteiger partial charge on any atom is 0.319 e. The molecule has 0 unspecified atom stereocenters. The van der Waals surface area contributed by atoms with Crippen LogP contribution < -0.4 is 18.9 Å². The molecule has 5 rings (SSSR count). The summed E-state index contributed by atoms with van der Waals surface area (Å²) in [7, 11) is 0.677. The van der Waals surface area contributed by atoms with Gasteiger partial charge in [0.25, 0.3) is 10.1 Å². The molecule has 2 aromatic carbocycles. The smallest absolute Gasteiger partial charge is 0.319 e. The van der Waals surface area contributed by atoms with E-state index in [-0.39, 0.29) is 29.0 Å². The van der Waals surface area contributed by atoms with Crippen LogP contribution in [0.5, 0.6) is 23.4 Å². The molecule has 2 aliphatic rings. The standard InChI is InChI=1S/C22H27N3O5.C7H8O3S/c1-5-30-19-9-13-14-8-12(26)6-7-17(14)24-20(15(13)10-18(19)27-2)16-11-23-22(29-4)25-21(16)28-3;1-6-2-4-7(5-3-6)11(8,9)10/h9-12,14,17,26H,5-8H2,1-4H3;2-5H,1H3,(H,8,9,10)/t12-,14-,17-;/m1./s1.